The fraction of sp³-hybridized carbons (Fsp3) is 0.538. The Hall–Kier alpha value is -1.78. The number of nitrogens with zero attached hydrogens (tertiary/aromatic N) is 1. The number of aryl methyl sites for hydroxylation is 1. The Kier molecular flexibility index (Phi) is 4.16. The predicted octanol–water partition coefficient (Wildman–Crippen LogP) is 1.80. The number of carbonyl (C=O) groups is 2. The van der Waals surface area contributed by atoms with E-state index in [0.29, 0.717) is 5.56 Å². The topological polar surface area (TPSA) is 71.3 Å². The van der Waals surface area contributed by atoms with Crippen LogP contribution < -0.4 is 5.32 Å². The summed E-state index contributed by atoms with van der Waals surface area (Å²) in [5.74, 6) is -1.19. The third-order valence-corrected chi connectivity index (χ3v) is 3.04. The molecule has 2 N–H and O–H groups in total. The van der Waals surface area contributed by atoms with Crippen molar-refractivity contribution < 1.29 is 14.7 Å². The molecule has 18 heavy (non-hydrogen) atoms. The molecule has 0 aliphatic carbocycles. The van der Waals surface area contributed by atoms with Crippen LogP contribution in [0.3, 0.4) is 0 Å². The van der Waals surface area contributed by atoms with Crippen molar-refractivity contribution >= 4 is 11.9 Å². The van der Waals surface area contributed by atoms with E-state index in [9.17, 15) is 9.59 Å². The maximum atomic E-state index is 11.8. The van der Waals surface area contributed by atoms with Crippen molar-refractivity contribution in [1.29, 1.82) is 0 Å². The van der Waals surface area contributed by atoms with Gasteiger partial charge in [-0.3, -0.25) is 4.79 Å². The molecule has 0 aliphatic heterocycles. The zero-order valence-electron chi connectivity index (χ0n) is 11.3. The van der Waals surface area contributed by atoms with Crippen LogP contribution >= 0.6 is 0 Å². The van der Waals surface area contributed by atoms with Crippen molar-refractivity contribution in [2.24, 2.45) is 0 Å². The monoisotopic (exact) mass is 252 g/mol. The Morgan fingerprint density at radius 1 is 1.44 bits per heavy atom. The van der Waals surface area contributed by atoms with Crippen molar-refractivity contribution in [3.05, 3.63) is 23.5 Å². The summed E-state index contributed by atoms with van der Waals surface area (Å²) >= 11 is 0. The van der Waals surface area contributed by atoms with Crippen molar-refractivity contribution in [2.75, 3.05) is 0 Å². The Bertz CT molecular complexity index is 461. The maximum Gasteiger partial charge on any atom is 0.352 e. The highest BCUT2D eigenvalue weighted by Crippen LogP contribution is 2.11. The van der Waals surface area contributed by atoms with E-state index < -0.39 is 5.97 Å². The molecule has 0 saturated carbocycles. The van der Waals surface area contributed by atoms with Crippen LogP contribution in [0.15, 0.2) is 12.3 Å². The number of nitrogens with one attached hydrogen (secondary N) is 1. The zero-order valence-corrected chi connectivity index (χ0v) is 11.3. The van der Waals surface area contributed by atoms with E-state index >= 15 is 0 Å². The van der Waals surface area contributed by atoms with E-state index in [0.717, 1.165) is 6.42 Å². The molecule has 1 rings (SSSR count). The van der Waals surface area contributed by atoms with Gasteiger partial charge in [0.25, 0.3) is 0 Å². The average Bonchev–Trinajstić information content (AvgIpc) is 2.58. The van der Waals surface area contributed by atoms with Gasteiger partial charge in [0.15, 0.2) is 0 Å². The molecule has 100 valence electrons. The van der Waals surface area contributed by atoms with Crippen molar-refractivity contribution in [1.82, 2.24) is 9.88 Å². The highest BCUT2D eigenvalue weighted by molar-refractivity contribution is 5.88. The van der Waals surface area contributed by atoms with Crippen LogP contribution in [0, 0.1) is 6.92 Å². The summed E-state index contributed by atoms with van der Waals surface area (Å²) in [6.45, 7) is 7.60. The molecular formula is C13H20N2O3. The normalized spacial score (nSPS) is 11.3. The molecule has 5 heteroatoms. The first-order valence-corrected chi connectivity index (χ1v) is 5.97. The van der Waals surface area contributed by atoms with Gasteiger partial charge in [0.2, 0.25) is 5.91 Å². The number of hydrogen-bond acceptors (Lipinski definition) is 2. The summed E-state index contributed by atoms with van der Waals surface area (Å²) in [7, 11) is 0. The molecule has 0 fully saturated rings. The Balaban J connectivity index is 2.80. The number of rotatable bonds is 5. The molecule has 0 aliphatic rings. The largest absolute Gasteiger partial charge is 0.477 e. The molecular weight excluding hydrogens is 232 g/mol. The van der Waals surface area contributed by atoms with Gasteiger partial charge in [-0.25, -0.2) is 4.79 Å². The lowest BCUT2D eigenvalue weighted by atomic mass is 10.0. The molecule has 0 aromatic carbocycles. The minimum atomic E-state index is -1.01. The quantitative estimate of drug-likeness (QED) is 0.839. The molecule has 0 atom stereocenters. The smallest absolute Gasteiger partial charge is 0.352 e. The lowest BCUT2D eigenvalue weighted by molar-refractivity contribution is -0.123. The number of aromatic nitrogens is 1. The van der Waals surface area contributed by atoms with Crippen LogP contribution in [-0.4, -0.2) is 27.1 Å². The van der Waals surface area contributed by atoms with Gasteiger partial charge in [-0.1, -0.05) is 6.92 Å². The van der Waals surface area contributed by atoms with Gasteiger partial charge in [0, 0.05) is 11.7 Å². The molecule has 1 aromatic heterocycles. The third-order valence-electron chi connectivity index (χ3n) is 3.04. The second-order valence-corrected chi connectivity index (χ2v) is 5.07. The van der Waals surface area contributed by atoms with E-state index in [1.165, 1.54) is 4.57 Å². The number of carboxylic acid groups (broad SMARTS) is 1. The minimum absolute atomic E-state index is 0.0267. The molecule has 1 amide bonds. The lowest BCUT2D eigenvalue weighted by Gasteiger charge is -2.24. The number of carboxylic acids is 1. The van der Waals surface area contributed by atoms with Gasteiger partial charge in [-0.05, 0) is 38.8 Å². The second-order valence-electron chi connectivity index (χ2n) is 5.07. The van der Waals surface area contributed by atoms with Crippen LogP contribution in [0.5, 0.6) is 0 Å². The van der Waals surface area contributed by atoms with Crippen LogP contribution in [0.2, 0.25) is 0 Å². The van der Waals surface area contributed by atoms with Crippen LogP contribution in [0.4, 0.5) is 0 Å². The van der Waals surface area contributed by atoms with Gasteiger partial charge >= 0.3 is 5.97 Å². The fourth-order valence-electron chi connectivity index (χ4n) is 1.67. The van der Waals surface area contributed by atoms with Gasteiger partial charge in [0.1, 0.15) is 12.2 Å². The Morgan fingerprint density at radius 2 is 2.06 bits per heavy atom. The first-order chi connectivity index (χ1) is 8.26. The van der Waals surface area contributed by atoms with Crippen LogP contribution in [0.25, 0.3) is 0 Å². The molecule has 1 heterocycles. The molecule has 0 saturated heterocycles. The SMILES string of the molecule is CCC(C)(C)NC(=O)Cn1ccc(C)c1C(=O)O. The molecule has 0 bridgehead atoms. The first-order valence-electron chi connectivity index (χ1n) is 5.97. The summed E-state index contributed by atoms with van der Waals surface area (Å²) < 4.78 is 1.46. The standard InChI is InChI=1S/C13H20N2O3/c1-5-13(3,4)14-10(16)8-15-7-6-9(2)11(15)12(17)18/h6-7H,5,8H2,1-4H3,(H,14,16)(H,17,18). The average molecular weight is 252 g/mol. The van der Waals surface area contributed by atoms with E-state index in [-0.39, 0.29) is 23.7 Å². The molecule has 5 nitrogen and oxygen atoms in total. The molecule has 1 aromatic rings. The van der Waals surface area contributed by atoms with E-state index in [4.69, 9.17) is 5.11 Å². The van der Waals surface area contributed by atoms with Crippen molar-refractivity contribution in [3.63, 3.8) is 0 Å². The summed E-state index contributed by atoms with van der Waals surface area (Å²) in [4.78, 5) is 22.9. The van der Waals surface area contributed by atoms with Crippen molar-refractivity contribution in [2.45, 2.75) is 46.2 Å². The van der Waals surface area contributed by atoms with Crippen LogP contribution in [-0.2, 0) is 11.3 Å². The van der Waals surface area contributed by atoms with E-state index in [1.54, 1.807) is 19.2 Å². The van der Waals surface area contributed by atoms with Gasteiger partial charge in [0.05, 0.1) is 0 Å². The molecule has 0 spiro atoms. The van der Waals surface area contributed by atoms with Crippen molar-refractivity contribution in [3.8, 4) is 0 Å². The Morgan fingerprint density at radius 3 is 2.56 bits per heavy atom. The van der Waals surface area contributed by atoms with E-state index in [2.05, 4.69) is 5.32 Å². The summed E-state index contributed by atoms with van der Waals surface area (Å²) in [6, 6.07) is 1.70. The summed E-state index contributed by atoms with van der Waals surface area (Å²) in [5.41, 5.74) is 0.548. The number of carbonyl (C=O) groups excluding carboxylic acids is 1. The third kappa shape index (κ3) is 3.35. The van der Waals surface area contributed by atoms with Crippen LogP contribution in [0.1, 0.15) is 43.2 Å². The van der Waals surface area contributed by atoms with Gasteiger partial charge in [-0.2, -0.15) is 0 Å². The highest BCUT2D eigenvalue weighted by atomic mass is 16.4. The maximum absolute atomic E-state index is 11.8. The molecule has 0 unspecified atom stereocenters. The highest BCUT2D eigenvalue weighted by Gasteiger charge is 2.20. The lowest BCUT2D eigenvalue weighted by Crippen LogP contribution is -2.44. The predicted molar refractivity (Wildman–Crippen MR) is 68.6 cm³/mol. The fourth-order valence-corrected chi connectivity index (χ4v) is 1.67. The van der Waals surface area contributed by atoms with E-state index in [1.807, 2.05) is 20.8 Å². The van der Waals surface area contributed by atoms with Gasteiger partial charge < -0.3 is 15.0 Å². The first kappa shape index (κ1) is 14.3. The number of amides is 1. The van der Waals surface area contributed by atoms with Gasteiger partial charge in [-0.15, -0.1) is 0 Å². The zero-order chi connectivity index (χ0) is 13.9. The number of aromatic carboxylic acids is 1. The number of hydrogen-bond donors (Lipinski definition) is 2. The minimum Gasteiger partial charge on any atom is -0.477 e. The Labute approximate surface area is 107 Å². The summed E-state index contributed by atoms with van der Waals surface area (Å²) in [5, 5.41) is 12.0. The molecule has 0 radical (unpaired) electrons. The summed E-state index contributed by atoms with van der Waals surface area (Å²) in [6.07, 6.45) is 2.44. The second kappa shape index (κ2) is 5.25.